The van der Waals surface area contributed by atoms with Crippen LogP contribution in [-0.4, -0.2) is 54.4 Å². The largest absolute Gasteiger partial charge is 0.477 e. The highest BCUT2D eigenvalue weighted by Gasteiger charge is 2.35. The van der Waals surface area contributed by atoms with Crippen LogP contribution >= 0.6 is 0 Å². The van der Waals surface area contributed by atoms with Gasteiger partial charge in [0, 0.05) is 32.9 Å². The molecule has 0 radical (unpaired) electrons. The smallest absolute Gasteiger partial charge is 0.354 e. The zero-order chi connectivity index (χ0) is 14.6. The first kappa shape index (κ1) is 14.4. The van der Waals surface area contributed by atoms with Gasteiger partial charge in [0.1, 0.15) is 11.3 Å². The minimum atomic E-state index is -1.13. The molecule has 1 aromatic heterocycles. The molecule has 1 fully saturated rings. The van der Waals surface area contributed by atoms with Crippen molar-refractivity contribution in [2.24, 2.45) is 0 Å². The van der Waals surface area contributed by atoms with Crippen LogP contribution in [0.25, 0.3) is 0 Å². The number of nitrogens with zero attached hydrogens (tertiary/aromatic N) is 1. The Morgan fingerprint density at radius 3 is 2.85 bits per heavy atom. The van der Waals surface area contributed by atoms with Crippen molar-refractivity contribution in [2.45, 2.75) is 12.0 Å². The van der Waals surface area contributed by atoms with Gasteiger partial charge in [-0.15, -0.1) is 0 Å². The predicted molar refractivity (Wildman–Crippen MR) is 68.7 cm³/mol. The van der Waals surface area contributed by atoms with Crippen molar-refractivity contribution in [3.8, 4) is 0 Å². The second kappa shape index (κ2) is 5.98. The number of aromatic carboxylic acids is 1. The number of hydrogen-bond acceptors (Lipinski definition) is 5. The van der Waals surface area contributed by atoms with E-state index in [2.05, 4.69) is 10.3 Å². The van der Waals surface area contributed by atoms with E-state index in [0.29, 0.717) is 25.3 Å². The third kappa shape index (κ3) is 3.12. The lowest BCUT2D eigenvalue weighted by molar-refractivity contribution is -0.0148. The van der Waals surface area contributed by atoms with Gasteiger partial charge in [0.05, 0.1) is 12.2 Å². The maximum atomic E-state index is 11.9. The summed E-state index contributed by atoms with van der Waals surface area (Å²) >= 11 is 0. The van der Waals surface area contributed by atoms with Crippen LogP contribution in [0.3, 0.4) is 0 Å². The molecule has 1 aromatic rings. The monoisotopic (exact) mass is 280 g/mol. The summed E-state index contributed by atoms with van der Waals surface area (Å²) in [6, 6.07) is 2.72. The van der Waals surface area contributed by atoms with Crippen molar-refractivity contribution in [2.75, 3.05) is 26.9 Å². The number of pyridine rings is 1. The van der Waals surface area contributed by atoms with Gasteiger partial charge in [0.2, 0.25) is 0 Å². The van der Waals surface area contributed by atoms with Gasteiger partial charge < -0.3 is 19.9 Å². The van der Waals surface area contributed by atoms with E-state index in [-0.39, 0.29) is 11.6 Å². The molecule has 108 valence electrons. The first-order valence-electron chi connectivity index (χ1n) is 6.17. The van der Waals surface area contributed by atoms with Crippen molar-refractivity contribution < 1.29 is 24.2 Å². The summed E-state index contributed by atoms with van der Waals surface area (Å²) in [7, 11) is 1.59. The number of amides is 1. The SMILES string of the molecule is COC1(CNC(=O)c2ccc(C(=O)O)nc2)CCOC1. The van der Waals surface area contributed by atoms with Gasteiger partial charge in [0.25, 0.3) is 5.91 Å². The highest BCUT2D eigenvalue weighted by Crippen LogP contribution is 2.21. The highest BCUT2D eigenvalue weighted by molar-refractivity contribution is 5.94. The Labute approximate surface area is 115 Å². The second-order valence-corrected chi connectivity index (χ2v) is 4.61. The minimum absolute atomic E-state index is 0.0981. The fourth-order valence-corrected chi connectivity index (χ4v) is 1.96. The molecule has 7 nitrogen and oxygen atoms in total. The van der Waals surface area contributed by atoms with Gasteiger partial charge >= 0.3 is 5.97 Å². The highest BCUT2D eigenvalue weighted by atomic mass is 16.5. The zero-order valence-corrected chi connectivity index (χ0v) is 11.1. The number of carbonyl (C=O) groups is 2. The number of aromatic nitrogens is 1. The lowest BCUT2D eigenvalue weighted by Crippen LogP contribution is -2.45. The zero-order valence-electron chi connectivity index (χ0n) is 11.1. The fraction of sp³-hybridized carbons (Fsp3) is 0.462. The summed E-state index contributed by atoms with van der Waals surface area (Å²) in [4.78, 5) is 26.3. The number of nitrogens with one attached hydrogen (secondary N) is 1. The van der Waals surface area contributed by atoms with Crippen molar-refractivity contribution in [3.05, 3.63) is 29.6 Å². The molecule has 0 aromatic carbocycles. The van der Waals surface area contributed by atoms with Gasteiger partial charge in [-0.1, -0.05) is 0 Å². The molecule has 0 spiro atoms. The Morgan fingerprint density at radius 1 is 1.55 bits per heavy atom. The topological polar surface area (TPSA) is 97.8 Å². The van der Waals surface area contributed by atoms with Gasteiger partial charge in [-0.25, -0.2) is 9.78 Å². The molecule has 1 atom stereocenters. The average molecular weight is 280 g/mol. The predicted octanol–water partition coefficient (Wildman–Crippen LogP) is 0.315. The third-order valence-corrected chi connectivity index (χ3v) is 3.32. The van der Waals surface area contributed by atoms with E-state index >= 15 is 0 Å². The van der Waals surface area contributed by atoms with Crippen LogP contribution in [0.4, 0.5) is 0 Å². The number of methoxy groups -OCH3 is 1. The molecule has 0 aliphatic carbocycles. The Morgan fingerprint density at radius 2 is 2.35 bits per heavy atom. The van der Waals surface area contributed by atoms with E-state index in [0.717, 1.165) is 6.42 Å². The number of rotatable bonds is 5. The van der Waals surface area contributed by atoms with Crippen LogP contribution in [0.2, 0.25) is 0 Å². The Kier molecular flexibility index (Phi) is 4.31. The van der Waals surface area contributed by atoms with Crippen molar-refractivity contribution >= 4 is 11.9 Å². The maximum absolute atomic E-state index is 11.9. The Hall–Kier alpha value is -1.99. The summed E-state index contributed by atoms with van der Waals surface area (Å²) in [5.41, 5.74) is -0.274. The number of ether oxygens (including phenoxy) is 2. The molecule has 2 rings (SSSR count). The molecule has 1 aliphatic rings. The molecule has 1 saturated heterocycles. The lowest BCUT2D eigenvalue weighted by atomic mass is 10.0. The van der Waals surface area contributed by atoms with Crippen LogP contribution in [-0.2, 0) is 9.47 Å². The van der Waals surface area contributed by atoms with Gasteiger partial charge in [-0.05, 0) is 12.1 Å². The molecular weight excluding hydrogens is 264 g/mol. The molecule has 0 saturated carbocycles. The van der Waals surface area contributed by atoms with Gasteiger partial charge in [-0.3, -0.25) is 4.79 Å². The second-order valence-electron chi connectivity index (χ2n) is 4.61. The standard InChI is InChI=1S/C13H16N2O5/c1-19-13(4-5-20-8-13)7-15-11(16)9-2-3-10(12(17)18)14-6-9/h2-3,6H,4-5,7-8H2,1H3,(H,15,16)(H,17,18). The normalized spacial score (nSPS) is 21.6. The molecule has 2 N–H and O–H groups in total. The quantitative estimate of drug-likeness (QED) is 0.806. The van der Waals surface area contributed by atoms with Crippen molar-refractivity contribution in [3.63, 3.8) is 0 Å². The van der Waals surface area contributed by atoms with E-state index in [4.69, 9.17) is 14.6 Å². The Balaban J connectivity index is 1.96. The molecule has 2 heterocycles. The van der Waals surface area contributed by atoms with E-state index < -0.39 is 11.6 Å². The van der Waals surface area contributed by atoms with Crippen molar-refractivity contribution in [1.29, 1.82) is 0 Å². The average Bonchev–Trinajstić information content (AvgIpc) is 2.94. The summed E-state index contributed by atoms with van der Waals surface area (Å²) in [5, 5.41) is 11.5. The van der Waals surface area contributed by atoms with Crippen LogP contribution < -0.4 is 5.32 Å². The summed E-state index contributed by atoms with van der Waals surface area (Å²) < 4.78 is 10.7. The third-order valence-electron chi connectivity index (χ3n) is 3.32. The molecule has 7 heteroatoms. The maximum Gasteiger partial charge on any atom is 0.354 e. The van der Waals surface area contributed by atoms with Gasteiger partial charge in [0.15, 0.2) is 0 Å². The molecular formula is C13H16N2O5. The fourth-order valence-electron chi connectivity index (χ4n) is 1.96. The number of carboxylic acids is 1. The summed E-state index contributed by atoms with van der Waals surface area (Å²) in [5.74, 6) is -1.45. The Bertz CT molecular complexity index is 494. The minimum Gasteiger partial charge on any atom is -0.477 e. The molecule has 1 amide bonds. The van der Waals surface area contributed by atoms with E-state index in [1.165, 1.54) is 18.3 Å². The van der Waals surface area contributed by atoms with E-state index in [1.807, 2.05) is 0 Å². The first-order valence-corrected chi connectivity index (χ1v) is 6.17. The number of hydrogen-bond donors (Lipinski definition) is 2. The van der Waals surface area contributed by atoms with E-state index in [1.54, 1.807) is 7.11 Å². The first-order chi connectivity index (χ1) is 9.56. The summed E-state index contributed by atoms with van der Waals surface area (Å²) in [6.07, 6.45) is 1.96. The summed E-state index contributed by atoms with van der Waals surface area (Å²) in [6.45, 7) is 1.39. The number of carbonyl (C=O) groups excluding carboxylic acids is 1. The molecule has 1 aliphatic heterocycles. The van der Waals surface area contributed by atoms with Crippen molar-refractivity contribution in [1.82, 2.24) is 10.3 Å². The van der Waals surface area contributed by atoms with Crippen LogP contribution in [0.1, 0.15) is 27.3 Å². The number of carboxylic acid groups (broad SMARTS) is 1. The van der Waals surface area contributed by atoms with Crippen LogP contribution in [0, 0.1) is 0 Å². The molecule has 0 bridgehead atoms. The van der Waals surface area contributed by atoms with E-state index in [9.17, 15) is 9.59 Å². The van der Waals surface area contributed by atoms with Crippen LogP contribution in [0.5, 0.6) is 0 Å². The molecule has 1 unspecified atom stereocenters. The molecule has 20 heavy (non-hydrogen) atoms. The van der Waals surface area contributed by atoms with Gasteiger partial charge in [-0.2, -0.15) is 0 Å². The van der Waals surface area contributed by atoms with Crippen LogP contribution in [0.15, 0.2) is 18.3 Å². The lowest BCUT2D eigenvalue weighted by Gasteiger charge is -2.25.